The van der Waals surface area contributed by atoms with Crippen molar-refractivity contribution in [2.45, 2.75) is 18.9 Å². The Kier molecular flexibility index (Phi) is 3.83. The highest BCUT2D eigenvalue weighted by Gasteiger charge is 2.16. The molecule has 1 aliphatic rings. The summed E-state index contributed by atoms with van der Waals surface area (Å²) in [5.74, 6) is 0.0240. The molecule has 0 bridgehead atoms. The Labute approximate surface area is 118 Å². The van der Waals surface area contributed by atoms with Crippen LogP contribution in [0.2, 0.25) is 0 Å². The van der Waals surface area contributed by atoms with Gasteiger partial charge in [0.1, 0.15) is 0 Å². The molecule has 104 valence electrons. The first-order valence-corrected chi connectivity index (χ1v) is 7.08. The van der Waals surface area contributed by atoms with E-state index >= 15 is 0 Å². The summed E-state index contributed by atoms with van der Waals surface area (Å²) in [6.07, 6.45) is 5.99. The molecule has 4 nitrogen and oxygen atoms in total. The van der Waals surface area contributed by atoms with E-state index in [0.29, 0.717) is 6.04 Å². The van der Waals surface area contributed by atoms with Crippen LogP contribution in [0.3, 0.4) is 0 Å². The minimum atomic E-state index is 0.0240. The molecular weight excluding hydrogens is 250 g/mol. The lowest BCUT2D eigenvalue weighted by Gasteiger charge is -2.23. The second kappa shape index (κ2) is 5.92. The smallest absolute Gasteiger partial charge is 0.251 e. The molecule has 2 heterocycles. The van der Waals surface area contributed by atoms with Crippen molar-refractivity contribution >= 4 is 5.91 Å². The lowest BCUT2D eigenvalue weighted by atomic mass is 10.1. The molecule has 0 atom stereocenters. The van der Waals surface area contributed by atoms with E-state index in [1.165, 1.54) is 0 Å². The number of amides is 1. The second-order valence-corrected chi connectivity index (χ2v) is 5.13. The van der Waals surface area contributed by atoms with Crippen LogP contribution >= 0.6 is 0 Å². The van der Waals surface area contributed by atoms with Gasteiger partial charge in [0.2, 0.25) is 0 Å². The quantitative estimate of drug-likeness (QED) is 0.894. The molecular formula is C16H19N3O. The van der Waals surface area contributed by atoms with Crippen LogP contribution in [0.25, 0.3) is 5.69 Å². The molecule has 4 heteroatoms. The standard InChI is InChI=1S/C16H19N3O/c20-16(18-14-7-9-17-10-8-14)13-3-5-15(6-4-13)19-11-1-2-12-19/h1-6,11-12,14,17H,7-10H2,(H,18,20). The van der Waals surface area contributed by atoms with Crippen LogP contribution < -0.4 is 10.6 Å². The number of carbonyl (C=O) groups is 1. The molecule has 0 aliphatic carbocycles. The fourth-order valence-corrected chi connectivity index (χ4v) is 2.53. The summed E-state index contributed by atoms with van der Waals surface area (Å²) in [4.78, 5) is 12.2. The zero-order valence-electron chi connectivity index (χ0n) is 11.4. The van der Waals surface area contributed by atoms with Gasteiger partial charge in [0, 0.05) is 29.7 Å². The fourth-order valence-electron chi connectivity index (χ4n) is 2.53. The Bertz CT molecular complexity index is 554. The van der Waals surface area contributed by atoms with Crippen molar-refractivity contribution in [3.63, 3.8) is 0 Å². The number of benzene rings is 1. The van der Waals surface area contributed by atoms with Gasteiger partial charge in [-0.25, -0.2) is 0 Å². The van der Waals surface area contributed by atoms with Crippen LogP contribution in [0.15, 0.2) is 48.8 Å². The third-order valence-corrected chi connectivity index (χ3v) is 3.71. The molecule has 2 aromatic rings. The maximum absolute atomic E-state index is 12.2. The first kappa shape index (κ1) is 12.9. The molecule has 20 heavy (non-hydrogen) atoms. The van der Waals surface area contributed by atoms with Crippen molar-refractivity contribution in [2.75, 3.05) is 13.1 Å². The molecule has 2 N–H and O–H groups in total. The Morgan fingerprint density at radius 1 is 1.10 bits per heavy atom. The van der Waals surface area contributed by atoms with E-state index in [-0.39, 0.29) is 5.91 Å². The SMILES string of the molecule is O=C(NC1CCNCC1)c1ccc(-n2cccc2)cc1. The highest BCUT2D eigenvalue weighted by Crippen LogP contribution is 2.11. The Hall–Kier alpha value is -2.07. The summed E-state index contributed by atoms with van der Waals surface area (Å²) >= 11 is 0. The molecule has 0 unspecified atom stereocenters. The minimum absolute atomic E-state index is 0.0240. The highest BCUT2D eigenvalue weighted by molar-refractivity contribution is 5.94. The largest absolute Gasteiger partial charge is 0.349 e. The van der Waals surface area contributed by atoms with Gasteiger partial charge in [0.05, 0.1) is 0 Å². The van der Waals surface area contributed by atoms with Crippen molar-refractivity contribution in [3.05, 3.63) is 54.4 Å². The van der Waals surface area contributed by atoms with Crippen LogP contribution in [-0.2, 0) is 0 Å². The van der Waals surface area contributed by atoms with Gasteiger partial charge < -0.3 is 15.2 Å². The van der Waals surface area contributed by atoms with Gasteiger partial charge in [-0.2, -0.15) is 0 Å². The molecule has 1 saturated heterocycles. The third kappa shape index (κ3) is 2.91. The van der Waals surface area contributed by atoms with Crippen molar-refractivity contribution in [3.8, 4) is 5.69 Å². The molecule has 1 aromatic carbocycles. The molecule has 1 amide bonds. The average Bonchev–Trinajstić information content (AvgIpc) is 3.03. The lowest BCUT2D eigenvalue weighted by molar-refractivity contribution is 0.0929. The Morgan fingerprint density at radius 3 is 2.40 bits per heavy atom. The monoisotopic (exact) mass is 269 g/mol. The predicted molar refractivity (Wildman–Crippen MR) is 79.1 cm³/mol. The van der Waals surface area contributed by atoms with Crippen molar-refractivity contribution in [1.82, 2.24) is 15.2 Å². The van der Waals surface area contributed by atoms with Gasteiger partial charge >= 0.3 is 0 Å². The van der Waals surface area contributed by atoms with Crippen molar-refractivity contribution < 1.29 is 4.79 Å². The van der Waals surface area contributed by atoms with Crippen LogP contribution in [0.5, 0.6) is 0 Å². The second-order valence-electron chi connectivity index (χ2n) is 5.13. The van der Waals surface area contributed by atoms with Crippen LogP contribution in [0.4, 0.5) is 0 Å². The van der Waals surface area contributed by atoms with E-state index in [4.69, 9.17) is 0 Å². The summed E-state index contributed by atoms with van der Waals surface area (Å²) in [6, 6.07) is 12.0. The summed E-state index contributed by atoms with van der Waals surface area (Å²) in [5, 5.41) is 6.40. The Morgan fingerprint density at radius 2 is 1.75 bits per heavy atom. The zero-order valence-corrected chi connectivity index (χ0v) is 11.4. The molecule has 1 aliphatic heterocycles. The van der Waals surface area contributed by atoms with Gasteiger partial charge in [0.25, 0.3) is 5.91 Å². The number of carbonyl (C=O) groups excluding carboxylic acids is 1. The van der Waals surface area contributed by atoms with Gasteiger partial charge in [0.15, 0.2) is 0 Å². The highest BCUT2D eigenvalue weighted by atomic mass is 16.1. The van der Waals surface area contributed by atoms with Gasteiger partial charge in [-0.15, -0.1) is 0 Å². The van der Waals surface area contributed by atoms with E-state index < -0.39 is 0 Å². The van der Waals surface area contributed by atoms with Crippen LogP contribution in [-0.4, -0.2) is 29.6 Å². The van der Waals surface area contributed by atoms with E-state index in [9.17, 15) is 4.79 Å². The van der Waals surface area contributed by atoms with Gasteiger partial charge in [-0.1, -0.05) is 0 Å². The topological polar surface area (TPSA) is 46.1 Å². The third-order valence-electron chi connectivity index (χ3n) is 3.71. The summed E-state index contributed by atoms with van der Waals surface area (Å²) in [5.41, 5.74) is 1.79. The molecule has 0 spiro atoms. The number of rotatable bonds is 3. The number of hydrogen-bond donors (Lipinski definition) is 2. The Balaban J connectivity index is 1.66. The van der Waals surface area contributed by atoms with E-state index in [0.717, 1.165) is 37.2 Å². The van der Waals surface area contributed by atoms with E-state index in [1.54, 1.807) is 0 Å². The molecule has 0 saturated carbocycles. The number of nitrogens with zero attached hydrogens (tertiary/aromatic N) is 1. The number of hydrogen-bond acceptors (Lipinski definition) is 2. The lowest BCUT2D eigenvalue weighted by Crippen LogP contribution is -2.42. The van der Waals surface area contributed by atoms with Crippen LogP contribution in [0, 0.1) is 0 Å². The predicted octanol–water partition coefficient (Wildman–Crippen LogP) is 1.96. The normalized spacial score (nSPS) is 16.0. The van der Waals surface area contributed by atoms with Gasteiger partial charge in [-0.05, 0) is 62.3 Å². The molecule has 0 radical (unpaired) electrons. The van der Waals surface area contributed by atoms with Gasteiger partial charge in [-0.3, -0.25) is 4.79 Å². The molecule has 1 aromatic heterocycles. The van der Waals surface area contributed by atoms with Crippen molar-refractivity contribution in [1.29, 1.82) is 0 Å². The summed E-state index contributed by atoms with van der Waals surface area (Å²) in [6.45, 7) is 1.97. The maximum Gasteiger partial charge on any atom is 0.251 e. The number of nitrogens with one attached hydrogen (secondary N) is 2. The molecule has 3 rings (SSSR count). The average molecular weight is 269 g/mol. The molecule has 1 fully saturated rings. The van der Waals surface area contributed by atoms with E-state index in [2.05, 4.69) is 10.6 Å². The van der Waals surface area contributed by atoms with E-state index in [1.807, 2.05) is 53.4 Å². The fraction of sp³-hybridized carbons (Fsp3) is 0.312. The number of aromatic nitrogens is 1. The number of piperidine rings is 1. The maximum atomic E-state index is 12.2. The zero-order chi connectivity index (χ0) is 13.8. The summed E-state index contributed by atoms with van der Waals surface area (Å²) in [7, 11) is 0. The van der Waals surface area contributed by atoms with Crippen molar-refractivity contribution in [2.24, 2.45) is 0 Å². The minimum Gasteiger partial charge on any atom is -0.349 e. The van der Waals surface area contributed by atoms with Crippen LogP contribution in [0.1, 0.15) is 23.2 Å². The summed E-state index contributed by atoms with van der Waals surface area (Å²) < 4.78 is 2.02. The first-order valence-electron chi connectivity index (χ1n) is 7.08. The first-order chi connectivity index (χ1) is 9.83.